The summed E-state index contributed by atoms with van der Waals surface area (Å²) in [4.78, 5) is 29.8. The molecule has 0 unspecified atom stereocenters. The molecule has 1 atom stereocenters. The third kappa shape index (κ3) is 3.97. The molecule has 162 valence electrons. The molecule has 32 heavy (non-hydrogen) atoms. The van der Waals surface area contributed by atoms with Gasteiger partial charge in [-0.3, -0.25) is 0 Å². The molecule has 0 bridgehead atoms. The molecule has 3 aromatic carbocycles. The van der Waals surface area contributed by atoms with Gasteiger partial charge in [0.05, 0.1) is 19.6 Å². The van der Waals surface area contributed by atoms with Crippen molar-refractivity contribution in [1.82, 2.24) is 5.06 Å². The lowest BCUT2D eigenvalue weighted by Crippen LogP contribution is -2.38. The quantitative estimate of drug-likeness (QED) is 0.569. The van der Waals surface area contributed by atoms with Gasteiger partial charge in [-0.15, -0.1) is 5.06 Å². The van der Waals surface area contributed by atoms with E-state index in [9.17, 15) is 9.59 Å². The van der Waals surface area contributed by atoms with E-state index in [0.717, 1.165) is 32.9 Å². The van der Waals surface area contributed by atoms with E-state index in [1.165, 1.54) is 0 Å². The second kappa shape index (κ2) is 8.85. The summed E-state index contributed by atoms with van der Waals surface area (Å²) in [7, 11) is 0. The maximum absolute atomic E-state index is 12.8. The number of fused-ring (bicyclic) bond motifs is 3. The number of hydrogen-bond acceptors (Lipinski definition) is 5. The predicted octanol–water partition coefficient (Wildman–Crippen LogP) is 4.68. The molecule has 1 aliphatic heterocycles. The summed E-state index contributed by atoms with van der Waals surface area (Å²) >= 11 is 0. The van der Waals surface area contributed by atoms with Crippen molar-refractivity contribution < 1.29 is 23.9 Å². The number of benzene rings is 3. The summed E-state index contributed by atoms with van der Waals surface area (Å²) in [6.07, 6.45) is -0.593. The van der Waals surface area contributed by atoms with Gasteiger partial charge in [0.25, 0.3) is 0 Å². The second-order valence-electron chi connectivity index (χ2n) is 7.95. The Morgan fingerprint density at radius 2 is 1.50 bits per heavy atom. The zero-order valence-electron chi connectivity index (χ0n) is 17.5. The van der Waals surface area contributed by atoms with Gasteiger partial charge in [0.1, 0.15) is 12.6 Å². The Bertz CT molecular complexity index is 1080. The maximum Gasteiger partial charge on any atom is 0.443 e. The monoisotopic (exact) mass is 429 g/mol. The first-order valence-electron chi connectivity index (χ1n) is 10.7. The van der Waals surface area contributed by atoms with Crippen LogP contribution in [-0.4, -0.2) is 36.4 Å². The summed E-state index contributed by atoms with van der Waals surface area (Å²) in [5.41, 5.74) is 5.59. The highest BCUT2D eigenvalue weighted by atomic mass is 16.8. The fraction of sp³-hybridized carbons (Fsp3) is 0.231. The number of carbonyl (C=O) groups is 2. The lowest BCUT2D eigenvalue weighted by atomic mass is 9.98. The van der Waals surface area contributed by atoms with Gasteiger partial charge < -0.3 is 14.3 Å². The van der Waals surface area contributed by atoms with Crippen LogP contribution in [0, 0.1) is 0 Å². The summed E-state index contributed by atoms with van der Waals surface area (Å²) in [5.74, 6) is -0.524. The predicted molar refractivity (Wildman–Crippen MR) is 118 cm³/mol. The third-order valence-corrected chi connectivity index (χ3v) is 5.87. The van der Waals surface area contributed by atoms with E-state index < -0.39 is 18.1 Å². The van der Waals surface area contributed by atoms with Gasteiger partial charge in [0, 0.05) is 5.92 Å². The lowest BCUT2D eigenvalue weighted by molar-refractivity contribution is -0.169. The van der Waals surface area contributed by atoms with Crippen LogP contribution < -0.4 is 0 Å². The Morgan fingerprint density at radius 3 is 2.19 bits per heavy atom. The Labute approximate surface area is 186 Å². The van der Waals surface area contributed by atoms with Crippen LogP contribution in [0.25, 0.3) is 11.1 Å². The SMILES string of the molecule is O=C1C[C@H](COCc2ccccc2)N(C(=O)OCC2c3ccccc3-c3ccccc32)O1. The fourth-order valence-electron chi connectivity index (χ4n) is 4.35. The number of hydroxylamine groups is 2. The molecule has 3 aromatic rings. The van der Waals surface area contributed by atoms with Crippen LogP contribution in [0.3, 0.4) is 0 Å². The molecule has 0 aromatic heterocycles. The van der Waals surface area contributed by atoms with Crippen molar-refractivity contribution in [1.29, 1.82) is 0 Å². The first kappa shape index (κ1) is 20.3. The average Bonchev–Trinajstić information content (AvgIpc) is 3.36. The van der Waals surface area contributed by atoms with Crippen LogP contribution in [0.5, 0.6) is 0 Å². The molecule has 0 spiro atoms. The minimum Gasteiger partial charge on any atom is -0.446 e. The highest BCUT2D eigenvalue weighted by Gasteiger charge is 2.39. The van der Waals surface area contributed by atoms with Crippen molar-refractivity contribution in [2.24, 2.45) is 0 Å². The van der Waals surface area contributed by atoms with Gasteiger partial charge in [0.2, 0.25) is 0 Å². The maximum atomic E-state index is 12.8. The van der Waals surface area contributed by atoms with E-state index >= 15 is 0 Å². The van der Waals surface area contributed by atoms with Crippen molar-refractivity contribution >= 4 is 12.1 Å². The van der Waals surface area contributed by atoms with Crippen LogP contribution in [0.2, 0.25) is 0 Å². The Morgan fingerprint density at radius 1 is 0.875 bits per heavy atom. The van der Waals surface area contributed by atoms with E-state index in [4.69, 9.17) is 14.3 Å². The molecule has 0 radical (unpaired) electrons. The minimum atomic E-state index is -0.675. The van der Waals surface area contributed by atoms with E-state index in [-0.39, 0.29) is 25.6 Å². The van der Waals surface area contributed by atoms with Gasteiger partial charge in [-0.25, -0.2) is 9.59 Å². The number of rotatable bonds is 6. The van der Waals surface area contributed by atoms with E-state index in [2.05, 4.69) is 24.3 Å². The molecule has 0 N–H and O–H groups in total. The van der Waals surface area contributed by atoms with Crippen LogP contribution in [0.1, 0.15) is 29.0 Å². The molecular formula is C26H23NO5. The summed E-state index contributed by atoms with van der Waals surface area (Å²) < 4.78 is 11.3. The molecule has 6 nitrogen and oxygen atoms in total. The molecule has 5 rings (SSSR count). The molecular weight excluding hydrogens is 406 g/mol. The average molecular weight is 429 g/mol. The summed E-state index contributed by atoms with van der Waals surface area (Å²) in [6.45, 7) is 0.743. The van der Waals surface area contributed by atoms with Crippen LogP contribution in [-0.2, 0) is 25.7 Å². The fourth-order valence-corrected chi connectivity index (χ4v) is 4.35. The molecule has 1 fully saturated rings. The highest BCUT2D eigenvalue weighted by Crippen LogP contribution is 2.44. The molecule has 0 saturated carbocycles. The van der Waals surface area contributed by atoms with Crippen LogP contribution in [0.15, 0.2) is 78.9 Å². The van der Waals surface area contributed by atoms with Crippen molar-refractivity contribution in [2.45, 2.75) is 25.0 Å². The molecule has 1 amide bonds. The Kier molecular flexibility index (Phi) is 5.60. The number of carbonyl (C=O) groups excluding carboxylic acids is 2. The largest absolute Gasteiger partial charge is 0.446 e. The van der Waals surface area contributed by atoms with Crippen molar-refractivity contribution in [2.75, 3.05) is 13.2 Å². The van der Waals surface area contributed by atoms with Crippen LogP contribution >= 0.6 is 0 Å². The van der Waals surface area contributed by atoms with E-state index in [0.29, 0.717) is 6.61 Å². The third-order valence-electron chi connectivity index (χ3n) is 5.87. The molecule has 2 aliphatic rings. The number of hydrogen-bond donors (Lipinski definition) is 0. The summed E-state index contributed by atoms with van der Waals surface area (Å²) in [6, 6.07) is 25.5. The Hall–Kier alpha value is -3.64. The van der Waals surface area contributed by atoms with Gasteiger partial charge >= 0.3 is 12.1 Å². The normalized spacial score (nSPS) is 17.1. The minimum absolute atomic E-state index is 0.0579. The number of amides is 1. The first-order chi connectivity index (χ1) is 15.7. The molecule has 1 saturated heterocycles. The Balaban J connectivity index is 1.23. The van der Waals surface area contributed by atoms with Crippen molar-refractivity contribution in [3.05, 3.63) is 95.6 Å². The van der Waals surface area contributed by atoms with Gasteiger partial charge in [0.15, 0.2) is 0 Å². The number of nitrogens with zero attached hydrogens (tertiary/aromatic N) is 1. The summed E-state index contributed by atoms with van der Waals surface area (Å²) in [5, 5.41) is 1.01. The standard InChI is InChI=1S/C26H23NO5/c28-25-14-19(16-30-15-18-8-2-1-3-9-18)27(32-25)26(29)31-17-24-22-12-6-4-10-20(22)21-11-5-7-13-23(21)24/h1-13,19,24H,14-17H2/t19-/m1/s1. The zero-order valence-corrected chi connectivity index (χ0v) is 17.5. The van der Waals surface area contributed by atoms with Crippen molar-refractivity contribution in [3.63, 3.8) is 0 Å². The van der Waals surface area contributed by atoms with Gasteiger partial charge in [-0.2, -0.15) is 0 Å². The highest BCUT2D eigenvalue weighted by molar-refractivity contribution is 5.80. The molecule has 6 heteroatoms. The second-order valence-corrected chi connectivity index (χ2v) is 7.95. The van der Waals surface area contributed by atoms with E-state index in [1.54, 1.807) is 0 Å². The lowest BCUT2D eigenvalue weighted by Gasteiger charge is -2.22. The zero-order chi connectivity index (χ0) is 21.9. The van der Waals surface area contributed by atoms with E-state index in [1.807, 2.05) is 54.6 Å². The number of ether oxygens (including phenoxy) is 2. The topological polar surface area (TPSA) is 65.1 Å². The van der Waals surface area contributed by atoms with Crippen molar-refractivity contribution in [3.8, 4) is 11.1 Å². The first-order valence-corrected chi connectivity index (χ1v) is 10.7. The van der Waals surface area contributed by atoms with Gasteiger partial charge in [-0.1, -0.05) is 78.9 Å². The smallest absolute Gasteiger partial charge is 0.443 e. The molecule has 1 heterocycles. The molecule has 1 aliphatic carbocycles. The van der Waals surface area contributed by atoms with Gasteiger partial charge in [-0.05, 0) is 27.8 Å². The van der Waals surface area contributed by atoms with Crippen LogP contribution in [0.4, 0.5) is 4.79 Å².